The third kappa shape index (κ3) is 3.07. The highest BCUT2D eigenvalue weighted by Crippen LogP contribution is 2.43. The fraction of sp³-hybridized carbons (Fsp3) is 0.167. The van der Waals surface area contributed by atoms with Gasteiger partial charge in [0.1, 0.15) is 0 Å². The Kier molecular flexibility index (Phi) is 4.59. The van der Waals surface area contributed by atoms with E-state index >= 15 is 0 Å². The number of aromatic nitrogens is 1. The van der Waals surface area contributed by atoms with Gasteiger partial charge in [-0.05, 0) is 11.6 Å². The molecule has 0 saturated carbocycles. The Morgan fingerprint density at radius 1 is 1.14 bits per heavy atom. The van der Waals surface area contributed by atoms with E-state index in [4.69, 9.17) is 5.11 Å². The molecule has 0 fully saturated rings. The van der Waals surface area contributed by atoms with E-state index in [0.717, 1.165) is 24.4 Å². The standard InChI is InChI=1S/C18H13F3N2O5/c19-18(20,21)17(26,16(24)25)14-10-22(9-11-4-2-1-3-5-11)15-8-12(23(27)28)6-7-13(14)15/h1-8,10,26H,9H2,(H,24,25). The van der Waals surface area contributed by atoms with Crippen LogP contribution in [0.25, 0.3) is 10.9 Å². The summed E-state index contributed by atoms with van der Waals surface area (Å²) in [4.78, 5) is 21.7. The van der Waals surface area contributed by atoms with Crippen molar-refractivity contribution in [2.24, 2.45) is 0 Å². The molecule has 1 atom stereocenters. The molecule has 1 unspecified atom stereocenters. The Labute approximate surface area is 155 Å². The fourth-order valence-corrected chi connectivity index (χ4v) is 2.98. The lowest BCUT2D eigenvalue weighted by Crippen LogP contribution is -2.49. The second-order valence-electron chi connectivity index (χ2n) is 6.13. The maximum atomic E-state index is 13.5. The number of aliphatic carboxylic acids is 1. The Morgan fingerprint density at radius 2 is 1.79 bits per heavy atom. The van der Waals surface area contributed by atoms with E-state index in [-0.39, 0.29) is 23.1 Å². The van der Waals surface area contributed by atoms with Crippen LogP contribution in [0.1, 0.15) is 11.1 Å². The fourth-order valence-electron chi connectivity index (χ4n) is 2.98. The number of fused-ring (bicyclic) bond motifs is 1. The predicted molar refractivity (Wildman–Crippen MR) is 91.7 cm³/mol. The van der Waals surface area contributed by atoms with Crippen molar-refractivity contribution in [3.05, 3.63) is 76.0 Å². The number of carboxylic acids is 1. The van der Waals surface area contributed by atoms with Gasteiger partial charge in [0.2, 0.25) is 0 Å². The first-order chi connectivity index (χ1) is 13.1. The minimum absolute atomic E-state index is 0.00280. The summed E-state index contributed by atoms with van der Waals surface area (Å²) in [5.74, 6) is -2.49. The molecular formula is C18H13F3N2O5. The molecule has 0 radical (unpaired) electrons. The summed E-state index contributed by atoms with van der Waals surface area (Å²) in [5.41, 5.74) is -4.78. The number of rotatable bonds is 5. The molecule has 3 aromatic rings. The van der Waals surface area contributed by atoms with E-state index < -0.39 is 28.2 Å². The molecule has 2 aromatic carbocycles. The number of hydrogen-bond acceptors (Lipinski definition) is 4. The van der Waals surface area contributed by atoms with Gasteiger partial charge in [-0.15, -0.1) is 0 Å². The summed E-state index contributed by atoms with van der Waals surface area (Å²) >= 11 is 0. The van der Waals surface area contributed by atoms with Crippen LogP contribution in [0.4, 0.5) is 18.9 Å². The molecule has 0 aliphatic rings. The van der Waals surface area contributed by atoms with Crippen molar-refractivity contribution in [2.45, 2.75) is 18.3 Å². The third-order valence-corrected chi connectivity index (χ3v) is 4.38. The number of carboxylic acid groups (broad SMARTS) is 1. The summed E-state index contributed by atoms with van der Waals surface area (Å²) in [6.45, 7) is 0.0199. The highest BCUT2D eigenvalue weighted by molar-refractivity contribution is 5.93. The lowest BCUT2D eigenvalue weighted by atomic mass is 9.93. The molecule has 0 spiro atoms. The molecule has 1 heterocycles. The van der Waals surface area contributed by atoms with Crippen molar-refractivity contribution in [2.75, 3.05) is 0 Å². The summed E-state index contributed by atoms with van der Waals surface area (Å²) < 4.78 is 41.6. The van der Waals surface area contributed by atoms with Gasteiger partial charge in [0.15, 0.2) is 0 Å². The van der Waals surface area contributed by atoms with Crippen molar-refractivity contribution in [3.63, 3.8) is 0 Å². The molecule has 10 heteroatoms. The van der Waals surface area contributed by atoms with Crippen LogP contribution in [0.3, 0.4) is 0 Å². The van der Waals surface area contributed by atoms with Gasteiger partial charge in [-0.25, -0.2) is 4.79 Å². The van der Waals surface area contributed by atoms with Crippen LogP contribution in [-0.2, 0) is 16.9 Å². The van der Waals surface area contributed by atoms with Crippen LogP contribution in [0.15, 0.2) is 54.7 Å². The smallest absolute Gasteiger partial charge is 0.432 e. The third-order valence-electron chi connectivity index (χ3n) is 4.38. The number of hydrogen-bond donors (Lipinski definition) is 2. The zero-order valence-corrected chi connectivity index (χ0v) is 14.1. The van der Waals surface area contributed by atoms with Crippen molar-refractivity contribution >= 4 is 22.6 Å². The van der Waals surface area contributed by atoms with Crippen LogP contribution < -0.4 is 0 Å². The summed E-state index contributed by atoms with van der Waals surface area (Å²) in [7, 11) is 0. The van der Waals surface area contributed by atoms with E-state index in [1.807, 2.05) is 0 Å². The van der Waals surface area contributed by atoms with Crippen molar-refractivity contribution in [1.82, 2.24) is 4.57 Å². The van der Waals surface area contributed by atoms with E-state index in [0.29, 0.717) is 5.56 Å². The maximum absolute atomic E-state index is 13.5. The first-order valence-electron chi connectivity index (χ1n) is 7.90. The second-order valence-corrected chi connectivity index (χ2v) is 6.13. The van der Waals surface area contributed by atoms with Gasteiger partial charge in [-0.3, -0.25) is 10.1 Å². The first kappa shape index (κ1) is 19.4. The van der Waals surface area contributed by atoms with Crippen LogP contribution >= 0.6 is 0 Å². The van der Waals surface area contributed by atoms with Gasteiger partial charge in [-0.2, -0.15) is 13.2 Å². The maximum Gasteiger partial charge on any atom is 0.432 e. The summed E-state index contributed by atoms with van der Waals surface area (Å²) in [5, 5.41) is 30.0. The molecule has 1 aromatic heterocycles. The number of benzene rings is 2. The van der Waals surface area contributed by atoms with Crippen molar-refractivity contribution in [1.29, 1.82) is 0 Å². The number of carbonyl (C=O) groups is 1. The Bertz CT molecular complexity index is 1060. The van der Waals surface area contributed by atoms with E-state index in [1.165, 1.54) is 4.57 Å². The van der Waals surface area contributed by atoms with Gasteiger partial charge in [0.05, 0.1) is 10.4 Å². The second kappa shape index (κ2) is 6.64. The van der Waals surface area contributed by atoms with Crippen LogP contribution in [0.2, 0.25) is 0 Å². The number of halogens is 3. The van der Waals surface area contributed by atoms with Crippen molar-refractivity contribution in [3.8, 4) is 0 Å². The summed E-state index contributed by atoms with van der Waals surface area (Å²) in [6, 6.07) is 11.5. The SMILES string of the molecule is O=C(O)C(O)(c1cn(Cc2ccccc2)c2cc([N+](=O)[O-])ccc12)C(F)(F)F. The highest BCUT2D eigenvalue weighted by atomic mass is 19.4. The molecule has 2 N–H and O–H groups in total. The zero-order valence-electron chi connectivity index (χ0n) is 14.1. The normalized spacial score (nSPS) is 14.0. The molecule has 7 nitrogen and oxygen atoms in total. The Balaban J connectivity index is 2.30. The van der Waals surface area contributed by atoms with Gasteiger partial charge < -0.3 is 14.8 Å². The monoisotopic (exact) mass is 394 g/mol. The number of nitrogens with zero attached hydrogens (tertiary/aromatic N) is 2. The first-order valence-corrected chi connectivity index (χ1v) is 7.90. The molecule has 0 aliphatic carbocycles. The number of nitro benzene ring substituents is 1. The number of aliphatic hydroxyl groups is 1. The van der Waals surface area contributed by atoms with Gasteiger partial charge >= 0.3 is 12.1 Å². The Hall–Kier alpha value is -3.40. The molecule has 0 saturated heterocycles. The van der Waals surface area contributed by atoms with Gasteiger partial charge in [-0.1, -0.05) is 30.3 Å². The molecular weight excluding hydrogens is 381 g/mol. The van der Waals surface area contributed by atoms with Crippen LogP contribution in [0, 0.1) is 10.1 Å². The molecule has 0 amide bonds. The average Bonchev–Trinajstić information content (AvgIpc) is 2.98. The topological polar surface area (TPSA) is 106 Å². The van der Waals surface area contributed by atoms with E-state index in [9.17, 15) is 33.2 Å². The molecule has 3 rings (SSSR count). The molecule has 0 bridgehead atoms. The zero-order chi connectivity index (χ0) is 20.7. The number of non-ortho nitro benzene ring substituents is 1. The number of alkyl halides is 3. The van der Waals surface area contributed by atoms with Crippen molar-refractivity contribution < 1.29 is 33.1 Å². The van der Waals surface area contributed by atoms with Crippen LogP contribution in [0.5, 0.6) is 0 Å². The predicted octanol–water partition coefficient (Wildman–Crippen LogP) is 3.43. The van der Waals surface area contributed by atoms with Gasteiger partial charge in [0, 0.05) is 35.8 Å². The lowest BCUT2D eigenvalue weighted by molar-refractivity contribution is -0.384. The molecule has 28 heavy (non-hydrogen) atoms. The van der Waals surface area contributed by atoms with Gasteiger partial charge in [0.25, 0.3) is 11.3 Å². The Morgan fingerprint density at radius 3 is 2.32 bits per heavy atom. The molecule has 0 aliphatic heterocycles. The highest BCUT2D eigenvalue weighted by Gasteiger charge is 2.62. The summed E-state index contributed by atoms with van der Waals surface area (Å²) in [6.07, 6.45) is -4.64. The minimum atomic E-state index is -5.51. The quantitative estimate of drug-likeness (QED) is 0.510. The molecule has 146 valence electrons. The average molecular weight is 394 g/mol. The van der Waals surface area contributed by atoms with E-state index in [2.05, 4.69) is 0 Å². The minimum Gasteiger partial charge on any atom is -0.479 e. The van der Waals surface area contributed by atoms with E-state index in [1.54, 1.807) is 30.3 Å². The lowest BCUT2D eigenvalue weighted by Gasteiger charge is -2.25. The number of nitro groups is 1. The largest absolute Gasteiger partial charge is 0.479 e. The van der Waals surface area contributed by atoms with Crippen LogP contribution in [-0.4, -0.2) is 31.8 Å².